The quantitative estimate of drug-likeness (QED) is 0.529. The summed E-state index contributed by atoms with van der Waals surface area (Å²) in [5.41, 5.74) is 4.71. The van der Waals surface area contributed by atoms with E-state index < -0.39 is 0 Å². The third kappa shape index (κ3) is 4.57. The third-order valence-corrected chi connectivity index (χ3v) is 6.44. The van der Waals surface area contributed by atoms with Crippen molar-refractivity contribution in [3.63, 3.8) is 0 Å². The largest absolute Gasteiger partial charge is 0.363 e. The van der Waals surface area contributed by atoms with Crippen molar-refractivity contribution in [2.75, 3.05) is 24.5 Å². The average molecular weight is 438 g/mol. The van der Waals surface area contributed by atoms with E-state index in [9.17, 15) is 0 Å². The van der Waals surface area contributed by atoms with Gasteiger partial charge in [0.05, 0.1) is 17.9 Å². The highest BCUT2D eigenvalue weighted by atomic mass is 35.5. The first kappa shape index (κ1) is 21.7. The fraction of sp³-hybridized carbons (Fsp3) is 0.440. The van der Waals surface area contributed by atoms with Crippen LogP contribution in [0.2, 0.25) is 0 Å². The van der Waals surface area contributed by atoms with Crippen LogP contribution in [0.5, 0.6) is 0 Å². The van der Waals surface area contributed by atoms with Gasteiger partial charge in [0, 0.05) is 35.9 Å². The van der Waals surface area contributed by atoms with Crippen LogP contribution in [0.1, 0.15) is 51.3 Å². The lowest BCUT2D eigenvalue weighted by Crippen LogP contribution is -2.33. The summed E-state index contributed by atoms with van der Waals surface area (Å²) in [6.45, 7) is 19.7. The lowest BCUT2D eigenvalue weighted by molar-refractivity contribution is 0.197. The van der Waals surface area contributed by atoms with Gasteiger partial charge in [-0.2, -0.15) is 0 Å². The van der Waals surface area contributed by atoms with Crippen LogP contribution in [0, 0.1) is 5.92 Å². The summed E-state index contributed by atoms with van der Waals surface area (Å²) < 4.78 is 1.93. The number of anilines is 1. The first-order valence-electron chi connectivity index (χ1n) is 11.1. The average Bonchev–Trinajstić information content (AvgIpc) is 3.36. The van der Waals surface area contributed by atoms with Gasteiger partial charge in [-0.1, -0.05) is 38.3 Å². The predicted molar refractivity (Wildman–Crippen MR) is 129 cm³/mol. The molecule has 164 valence electrons. The zero-order chi connectivity index (χ0) is 22.1. The van der Waals surface area contributed by atoms with Crippen LogP contribution in [-0.4, -0.2) is 39.1 Å². The van der Waals surface area contributed by atoms with Gasteiger partial charge in [-0.05, 0) is 62.3 Å². The molecule has 2 aliphatic heterocycles. The fourth-order valence-electron chi connectivity index (χ4n) is 4.69. The minimum absolute atomic E-state index is 0.157. The Balaban J connectivity index is 1.64. The van der Waals surface area contributed by atoms with Crippen LogP contribution in [0.25, 0.3) is 5.65 Å². The molecule has 0 saturated carbocycles. The Labute approximate surface area is 190 Å². The van der Waals surface area contributed by atoms with E-state index in [0.717, 1.165) is 72.4 Å². The van der Waals surface area contributed by atoms with Gasteiger partial charge < -0.3 is 9.80 Å². The number of nitrogens with zero attached hydrogens (tertiary/aromatic N) is 5. The Morgan fingerprint density at radius 3 is 2.65 bits per heavy atom. The number of aromatic nitrogens is 3. The maximum atomic E-state index is 6.08. The van der Waals surface area contributed by atoms with Gasteiger partial charge in [-0.15, -0.1) is 5.10 Å². The van der Waals surface area contributed by atoms with E-state index in [1.54, 1.807) is 0 Å². The molecule has 0 radical (unpaired) electrons. The van der Waals surface area contributed by atoms with Gasteiger partial charge in [0.1, 0.15) is 5.82 Å². The molecule has 0 amide bonds. The molecule has 0 aliphatic carbocycles. The molecule has 4 rings (SSSR count). The number of piperidine rings is 1. The molecule has 2 aromatic heterocycles. The lowest BCUT2D eigenvalue weighted by Gasteiger charge is -2.38. The number of likely N-dealkylation sites (tertiary alicyclic amines) is 1. The van der Waals surface area contributed by atoms with Gasteiger partial charge in [0.2, 0.25) is 0 Å². The zero-order valence-corrected chi connectivity index (χ0v) is 19.4. The van der Waals surface area contributed by atoms with E-state index >= 15 is 0 Å². The smallest absolute Gasteiger partial charge is 0.154 e. The number of hydrogen-bond acceptors (Lipinski definition) is 4. The van der Waals surface area contributed by atoms with Crippen LogP contribution in [-0.2, 0) is 0 Å². The molecule has 0 aromatic carbocycles. The molecular formula is C25H32ClN5. The summed E-state index contributed by atoms with van der Waals surface area (Å²) in [5.74, 6) is 1.75. The molecular weight excluding hydrogens is 406 g/mol. The summed E-state index contributed by atoms with van der Waals surface area (Å²) in [6, 6.07) is 4.33. The first-order valence-corrected chi connectivity index (χ1v) is 11.5. The van der Waals surface area contributed by atoms with Crippen LogP contribution in [0.15, 0.2) is 66.0 Å². The van der Waals surface area contributed by atoms with E-state index in [1.165, 1.54) is 12.8 Å². The van der Waals surface area contributed by atoms with Crippen LogP contribution in [0.4, 0.5) is 5.82 Å². The van der Waals surface area contributed by atoms with Crippen LogP contribution in [0.3, 0.4) is 0 Å². The first-order chi connectivity index (χ1) is 14.8. The van der Waals surface area contributed by atoms with E-state index in [2.05, 4.69) is 54.8 Å². The second kappa shape index (κ2) is 8.91. The van der Waals surface area contributed by atoms with Gasteiger partial charge in [0.15, 0.2) is 5.65 Å². The standard InChI is InChI=1S/C25H32ClN5/c1-17(2)21(14-19(4)26)20(5)30-12-7-6-8-23(30)22-16-31-24(27-22)9-10-25(28-31)29-13-11-18(3)15-29/h9-10,14,16,18,23H,1,4-8,11-13,15H2,2-3H3/b21-14+/t18-,23-/m0/s1. The van der Waals surface area contributed by atoms with Gasteiger partial charge in [-0.3, -0.25) is 0 Å². The SMILES string of the molecule is C=C(Cl)/C=C(\C(=C)C)C(=C)N1CCCC[C@H]1c1cn2nc(N3CC[C@H](C)C3)ccc2n1. The molecule has 2 aliphatic rings. The summed E-state index contributed by atoms with van der Waals surface area (Å²) in [7, 11) is 0. The molecule has 5 nitrogen and oxygen atoms in total. The highest BCUT2D eigenvalue weighted by Crippen LogP contribution is 2.36. The van der Waals surface area contributed by atoms with Crippen molar-refractivity contribution in [1.29, 1.82) is 0 Å². The maximum Gasteiger partial charge on any atom is 0.154 e. The van der Waals surface area contributed by atoms with E-state index in [4.69, 9.17) is 21.7 Å². The molecule has 0 spiro atoms. The van der Waals surface area contributed by atoms with Crippen LogP contribution < -0.4 is 4.90 Å². The highest BCUT2D eigenvalue weighted by Gasteiger charge is 2.29. The molecule has 4 heterocycles. The monoisotopic (exact) mass is 437 g/mol. The number of allylic oxidation sites excluding steroid dienone is 3. The molecule has 2 fully saturated rings. The Morgan fingerprint density at radius 1 is 1.16 bits per heavy atom. The lowest BCUT2D eigenvalue weighted by atomic mass is 9.96. The summed E-state index contributed by atoms with van der Waals surface area (Å²) >= 11 is 6.08. The number of fused-ring (bicyclic) bond motifs is 1. The molecule has 6 heteroatoms. The van der Waals surface area contributed by atoms with Gasteiger partial charge in [0.25, 0.3) is 0 Å². The van der Waals surface area contributed by atoms with Gasteiger partial charge in [-0.25, -0.2) is 9.50 Å². The van der Waals surface area contributed by atoms with Crippen molar-refractivity contribution in [2.45, 2.75) is 45.6 Å². The van der Waals surface area contributed by atoms with Crippen molar-refractivity contribution < 1.29 is 0 Å². The van der Waals surface area contributed by atoms with E-state index in [1.807, 2.05) is 17.5 Å². The van der Waals surface area contributed by atoms with Crippen molar-refractivity contribution >= 4 is 23.1 Å². The second-order valence-electron chi connectivity index (χ2n) is 8.94. The Bertz CT molecular complexity index is 1050. The minimum atomic E-state index is 0.157. The van der Waals surface area contributed by atoms with Crippen molar-refractivity contribution in [1.82, 2.24) is 19.5 Å². The molecule has 0 N–H and O–H groups in total. The van der Waals surface area contributed by atoms with E-state index in [0.29, 0.717) is 5.03 Å². The summed E-state index contributed by atoms with van der Waals surface area (Å²) in [6.07, 6.45) is 8.49. The maximum absolute atomic E-state index is 6.08. The Kier molecular flexibility index (Phi) is 6.24. The minimum Gasteiger partial charge on any atom is -0.363 e. The third-order valence-electron chi connectivity index (χ3n) is 6.34. The number of halogens is 1. The molecule has 2 aromatic rings. The zero-order valence-electron chi connectivity index (χ0n) is 18.6. The highest BCUT2D eigenvalue weighted by molar-refractivity contribution is 6.31. The molecule has 0 unspecified atom stereocenters. The number of hydrogen-bond donors (Lipinski definition) is 0. The van der Waals surface area contributed by atoms with Crippen LogP contribution >= 0.6 is 11.6 Å². The van der Waals surface area contributed by atoms with Gasteiger partial charge >= 0.3 is 0 Å². The van der Waals surface area contributed by atoms with Crippen molar-refractivity contribution in [2.24, 2.45) is 5.92 Å². The topological polar surface area (TPSA) is 36.7 Å². The predicted octanol–water partition coefficient (Wildman–Crippen LogP) is 5.87. The second-order valence-corrected chi connectivity index (χ2v) is 9.42. The fourth-order valence-corrected chi connectivity index (χ4v) is 4.80. The molecule has 2 atom stereocenters. The number of rotatable bonds is 6. The number of imidazole rings is 1. The van der Waals surface area contributed by atoms with Crippen molar-refractivity contribution in [3.05, 3.63) is 71.7 Å². The Hall–Kier alpha value is -2.53. The Morgan fingerprint density at radius 2 is 1.97 bits per heavy atom. The van der Waals surface area contributed by atoms with E-state index in [-0.39, 0.29) is 6.04 Å². The molecule has 0 bridgehead atoms. The normalized spacial score (nSPS) is 22.2. The molecule has 2 saturated heterocycles. The summed E-state index contributed by atoms with van der Waals surface area (Å²) in [5, 5.41) is 5.34. The summed E-state index contributed by atoms with van der Waals surface area (Å²) in [4.78, 5) is 9.64. The van der Waals surface area contributed by atoms with Crippen molar-refractivity contribution in [3.8, 4) is 0 Å². The molecule has 31 heavy (non-hydrogen) atoms.